The van der Waals surface area contributed by atoms with Crippen LogP contribution in [0.5, 0.6) is 0 Å². The van der Waals surface area contributed by atoms with E-state index in [0.29, 0.717) is 12.8 Å². The van der Waals surface area contributed by atoms with Crippen LogP contribution in [-0.4, -0.2) is 37.2 Å². The highest BCUT2D eigenvalue weighted by Crippen LogP contribution is 2.07. The number of carbonyl (C=O) groups excluding carboxylic acids is 3. The van der Waals surface area contributed by atoms with Gasteiger partial charge in [0.1, 0.15) is 18.7 Å². The first-order chi connectivity index (χ1) is 13.5. The van der Waals surface area contributed by atoms with E-state index in [1.807, 2.05) is 44.2 Å². The van der Waals surface area contributed by atoms with Gasteiger partial charge in [-0.15, -0.1) is 0 Å². The number of esters is 1. The Bertz CT molecular complexity index is 606. The molecule has 156 valence electrons. The van der Waals surface area contributed by atoms with E-state index in [-0.39, 0.29) is 6.61 Å². The molecular formula is C21H32N2O5. The van der Waals surface area contributed by atoms with Crippen molar-refractivity contribution in [2.75, 3.05) is 7.11 Å². The van der Waals surface area contributed by atoms with Gasteiger partial charge in [0.05, 0.1) is 7.11 Å². The maximum atomic E-state index is 12.7. The molecule has 2 atom stereocenters. The smallest absolute Gasteiger partial charge is 0.408 e. The van der Waals surface area contributed by atoms with Gasteiger partial charge < -0.3 is 20.1 Å². The lowest BCUT2D eigenvalue weighted by atomic mass is 10.1. The van der Waals surface area contributed by atoms with Crippen LogP contribution < -0.4 is 10.6 Å². The summed E-state index contributed by atoms with van der Waals surface area (Å²) in [5, 5.41) is 5.32. The number of benzene rings is 1. The summed E-state index contributed by atoms with van der Waals surface area (Å²) in [4.78, 5) is 36.7. The predicted octanol–water partition coefficient (Wildman–Crippen LogP) is 3.32. The third-order valence-electron chi connectivity index (χ3n) is 4.32. The summed E-state index contributed by atoms with van der Waals surface area (Å²) in [6.45, 7) is 4.13. The van der Waals surface area contributed by atoms with Crippen molar-refractivity contribution in [3.8, 4) is 0 Å². The molecule has 0 bridgehead atoms. The minimum Gasteiger partial charge on any atom is -0.467 e. The zero-order chi connectivity index (χ0) is 20.8. The van der Waals surface area contributed by atoms with Gasteiger partial charge in [-0.05, 0) is 18.4 Å². The number of methoxy groups -OCH3 is 1. The Morgan fingerprint density at radius 2 is 1.54 bits per heavy atom. The lowest BCUT2D eigenvalue weighted by molar-refractivity contribution is -0.145. The first-order valence-corrected chi connectivity index (χ1v) is 9.87. The van der Waals surface area contributed by atoms with E-state index in [2.05, 4.69) is 10.6 Å². The Hall–Kier alpha value is -2.57. The molecule has 7 heteroatoms. The molecule has 0 aliphatic heterocycles. The summed E-state index contributed by atoms with van der Waals surface area (Å²) in [5.74, 6) is -0.890. The van der Waals surface area contributed by atoms with Crippen LogP contribution in [0.4, 0.5) is 4.79 Å². The van der Waals surface area contributed by atoms with E-state index < -0.39 is 30.1 Å². The second-order valence-corrected chi connectivity index (χ2v) is 6.63. The van der Waals surface area contributed by atoms with E-state index in [1.54, 1.807) is 0 Å². The first-order valence-electron chi connectivity index (χ1n) is 9.87. The molecule has 0 saturated heterocycles. The number of hydrogen-bond donors (Lipinski definition) is 2. The summed E-state index contributed by atoms with van der Waals surface area (Å²) in [5.41, 5.74) is 0.859. The standard InChI is InChI=1S/C21H32N2O5/c1-4-6-13-17(19(24)22-18(14-7-5-2)20(25)27-3)23-21(26)28-15-16-11-9-8-10-12-16/h8-12,17-18H,4-7,13-15H2,1-3H3,(H,22,24)(H,23,26)/t17-,18-/m0/s1. The van der Waals surface area contributed by atoms with Gasteiger partial charge in [-0.3, -0.25) is 4.79 Å². The third-order valence-corrected chi connectivity index (χ3v) is 4.32. The number of carbonyl (C=O) groups is 3. The normalized spacial score (nSPS) is 12.5. The largest absolute Gasteiger partial charge is 0.467 e. The molecule has 0 heterocycles. The monoisotopic (exact) mass is 392 g/mol. The molecule has 1 aromatic carbocycles. The van der Waals surface area contributed by atoms with Gasteiger partial charge in [-0.2, -0.15) is 0 Å². The molecule has 7 nitrogen and oxygen atoms in total. The molecule has 0 unspecified atom stereocenters. The molecular weight excluding hydrogens is 360 g/mol. The van der Waals surface area contributed by atoms with Gasteiger partial charge >= 0.3 is 12.1 Å². The van der Waals surface area contributed by atoms with E-state index in [4.69, 9.17) is 9.47 Å². The molecule has 1 rings (SSSR count). The van der Waals surface area contributed by atoms with Gasteiger partial charge in [-0.1, -0.05) is 69.9 Å². The van der Waals surface area contributed by atoms with Crippen molar-refractivity contribution in [2.24, 2.45) is 0 Å². The first kappa shape index (κ1) is 23.5. The number of hydrogen-bond acceptors (Lipinski definition) is 5. The number of nitrogens with one attached hydrogen (secondary N) is 2. The van der Waals surface area contributed by atoms with Crippen molar-refractivity contribution in [1.29, 1.82) is 0 Å². The third kappa shape index (κ3) is 8.88. The van der Waals surface area contributed by atoms with Crippen molar-refractivity contribution in [1.82, 2.24) is 10.6 Å². The molecule has 0 aromatic heterocycles. The molecule has 1 aromatic rings. The molecule has 0 fully saturated rings. The fourth-order valence-electron chi connectivity index (χ4n) is 2.66. The van der Waals surface area contributed by atoms with Gasteiger partial charge in [0.25, 0.3) is 0 Å². The molecule has 0 aliphatic carbocycles. The van der Waals surface area contributed by atoms with Crippen LogP contribution in [0.25, 0.3) is 0 Å². The second kappa shape index (κ2) is 13.6. The SMILES string of the molecule is CCCC[C@H](NC(=O)OCc1ccccc1)C(=O)N[C@@H](CCCC)C(=O)OC. The molecule has 0 aliphatic rings. The number of rotatable bonds is 12. The Labute approximate surface area is 167 Å². The summed E-state index contributed by atoms with van der Waals surface area (Å²) in [7, 11) is 1.29. The number of amides is 2. The molecule has 28 heavy (non-hydrogen) atoms. The molecule has 0 spiro atoms. The van der Waals surface area contributed by atoms with Crippen LogP contribution in [0, 0.1) is 0 Å². The Kier molecular flexibility index (Phi) is 11.4. The minimum absolute atomic E-state index is 0.121. The Morgan fingerprint density at radius 1 is 0.929 bits per heavy atom. The van der Waals surface area contributed by atoms with Crippen molar-refractivity contribution >= 4 is 18.0 Å². The van der Waals surface area contributed by atoms with E-state index >= 15 is 0 Å². The average Bonchev–Trinajstić information content (AvgIpc) is 2.72. The maximum Gasteiger partial charge on any atom is 0.408 e. The number of unbranched alkanes of at least 4 members (excludes halogenated alkanes) is 2. The summed E-state index contributed by atoms with van der Waals surface area (Å²) in [6, 6.07) is 7.81. The van der Waals surface area contributed by atoms with Crippen LogP contribution in [0.15, 0.2) is 30.3 Å². The molecule has 0 radical (unpaired) electrons. The van der Waals surface area contributed by atoms with Crippen molar-refractivity contribution in [2.45, 2.75) is 71.1 Å². The zero-order valence-electron chi connectivity index (χ0n) is 17.0. The highest BCUT2D eigenvalue weighted by molar-refractivity contribution is 5.89. The van der Waals surface area contributed by atoms with Crippen LogP contribution in [0.2, 0.25) is 0 Å². The quantitative estimate of drug-likeness (QED) is 0.532. The van der Waals surface area contributed by atoms with E-state index in [9.17, 15) is 14.4 Å². The van der Waals surface area contributed by atoms with Crippen molar-refractivity contribution in [3.05, 3.63) is 35.9 Å². The maximum absolute atomic E-state index is 12.7. The van der Waals surface area contributed by atoms with Crippen LogP contribution in [-0.2, 0) is 25.7 Å². The van der Waals surface area contributed by atoms with Gasteiger partial charge in [0, 0.05) is 0 Å². The van der Waals surface area contributed by atoms with E-state index in [0.717, 1.165) is 31.2 Å². The average molecular weight is 392 g/mol. The fraction of sp³-hybridized carbons (Fsp3) is 0.571. The highest BCUT2D eigenvalue weighted by atomic mass is 16.5. The predicted molar refractivity (Wildman–Crippen MR) is 107 cm³/mol. The molecule has 2 N–H and O–H groups in total. The Morgan fingerprint density at radius 3 is 2.11 bits per heavy atom. The lowest BCUT2D eigenvalue weighted by Gasteiger charge is -2.22. The number of alkyl carbamates (subject to hydrolysis) is 1. The van der Waals surface area contributed by atoms with Crippen molar-refractivity contribution in [3.63, 3.8) is 0 Å². The van der Waals surface area contributed by atoms with Crippen LogP contribution in [0.1, 0.15) is 57.9 Å². The van der Waals surface area contributed by atoms with Gasteiger partial charge in [0.2, 0.25) is 5.91 Å². The molecule has 0 saturated carbocycles. The zero-order valence-corrected chi connectivity index (χ0v) is 17.0. The minimum atomic E-state index is -0.767. The van der Waals surface area contributed by atoms with Crippen LogP contribution in [0.3, 0.4) is 0 Å². The topological polar surface area (TPSA) is 93.7 Å². The number of ether oxygens (including phenoxy) is 2. The summed E-state index contributed by atoms with van der Waals surface area (Å²) < 4.78 is 9.98. The van der Waals surface area contributed by atoms with Gasteiger partial charge in [0.15, 0.2) is 0 Å². The van der Waals surface area contributed by atoms with Crippen molar-refractivity contribution < 1.29 is 23.9 Å². The molecule has 2 amide bonds. The van der Waals surface area contributed by atoms with Crippen LogP contribution >= 0.6 is 0 Å². The van der Waals surface area contributed by atoms with E-state index in [1.165, 1.54) is 7.11 Å². The Balaban J connectivity index is 2.66. The highest BCUT2D eigenvalue weighted by Gasteiger charge is 2.27. The van der Waals surface area contributed by atoms with Gasteiger partial charge in [-0.25, -0.2) is 9.59 Å². The summed E-state index contributed by atoms with van der Waals surface area (Å²) >= 11 is 0. The lowest BCUT2D eigenvalue weighted by Crippen LogP contribution is -2.51. The second-order valence-electron chi connectivity index (χ2n) is 6.63. The summed E-state index contributed by atoms with van der Waals surface area (Å²) in [6.07, 6.45) is 3.61. The fourth-order valence-corrected chi connectivity index (χ4v) is 2.66.